The molecule has 2 N–H and O–H groups in total. The molecule has 0 bridgehead atoms. The Kier molecular flexibility index (Phi) is 5.28. The van der Waals surface area contributed by atoms with Crippen molar-refractivity contribution in [2.45, 2.75) is 57.3 Å². The molecule has 1 amide bonds. The van der Waals surface area contributed by atoms with Crippen LogP contribution in [0.2, 0.25) is 0 Å². The molecule has 0 aliphatic heterocycles. The van der Waals surface area contributed by atoms with Crippen LogP contribution in [0.5, 0.6) is 0 Å². The van der Waals surface area contributed by atoms with Crippen LogP contribution in [-0.4, -0.2) is 26.0 Å². The minimum atomic E-state index is 0.145. The minimum absolute atomic E-state index is 0.145. The fourth-order valence-electron chi connectivity index (χ4n) is 3.09. The van der Waals surface area contributed by atoms with E-state index in [1.54, 1.807) is 0 Å². The first-order valence-corrected chi connectivity index (χ1v) is 8.40. The molecule has 1 fully saturated rings. The number of carbonyl (C=O) groups is 1. The van der Waals surface area contributed by atoms with Crippen LogP contribution >= 0.6 is 0 Å². The molecule has 1 aromatic rings. The van der Waals surface area contributed by atoms with Crippen molar-refractivity contribution in [3.05, 3.63) is 35.4 Å². The highest BCUT2D eigenvalue weighted by Crippen LogP contribution is 2.43. The van der Waals surface area contributed by atoms with E-state index in [1.807, 2.05) is 7.05 Å². The molecule has 0 aromatic heterocycles. The van der Waals surface area contributed by atoms with Crippen molar-refractivity contribution < 1.29 is 4.79 Å². The standard InChI is InChI=1S/C19H30N2O/c1-18(2,3)15-6-8-16(9-7-15)19(11-5-12-19)14-21-17(22)10-13-20-4/h6-9,20H,5,10-14H2,1-4H3,(H,21,22). The Morgan fingerprint density at radius 1 is 1.18 bits per heavy atom. The zero-order valence-electron chi connectivity index (χ0n) is 14.5. The van der Waals surface area contributed by atoms with E-state index in [4.69, 9.17) is 0 Å². The smallest absolute Gasteiger partial charge is 0.221 e. The van der Waals surface area contributed by atoms with Crippen molar-refractivity contribution in [2.75, 3.05) is 20.1 Å². The largest absolute Gasteiger partial charge is 0.355 e. The maximum Gasteiger partial charge on any atom is 0.221 e. The van der Waals surface area contributed by atoms with Gasteiger partial charge in [-0.15, -0.1) is 0 Å². The molecule has 0 unspecified atom stereocenters. The SMILES string of the molecule is CNCCC(=O)NCC1(c2ccc(C(C)(C)C)cc2)CCC1. The van der Waals surface area contributed by atoms with Crippen molar-refractivity contribution in [2.24, 2.45) is 0 Å². The summed E-state index contributed by atoms with van der Waals surface area (Å²) in [4.78, 5) is 11.9. The van der Waals surface area contributed by atoms with Gasteiger partial charge >= 0.3 is 0 Å². The van der Waals surface area contributed by atoms with Crippen LogP contribution in [0.4, 0.5) is 0 Å². The molecule has 0 saturated heterocycles. The third-order valence-corrected chi connectivity index (χ3v) is 4.90. The third kappa shape index (κ3) is 3.89. The lowest BCUT2D eigenvalue weighted by Crippen LogP contribution is -2.45. The van der Waals surface area contributed by atoms with Crippen molar-refractivity contribution in [3.63, 3.8) is 0 Å². The van der Waals surface area contributed by atoms with Gasteiger partial charge in [-0.25, -0.2) is 0 Å². The molecule has 0 heterocycles. The predicted molar refractivity (Wildman–Crippen MR) is 92.2 cm³/mol. The number of carbonyl (C=O) groups excluding carboxylic acids is 1. The molecule has 2 rings (SSSR count). The van der Waals surface area contributed by atoms with Crippen LogP contribution in [0.1, 0.15) is 57.6 Å². The lowest BCUT2D eigenvalue weighted by atomic mass is 9.64. The van der Waals surface area contributed by atoms with E-state index in [9.17, 15) is 4.79 Å². The lowest BCUT2D eigenvalue weighted by molar-refractivity contribution is -0.121. The number of rotatable bonds is 6. The topological polar surface area (TPSA) is 41.1 Å². The average molecular weight is 302 g/mol. The Hall–Kier alpha value is -1.35. The zero-order valence-corrected chi connectivity index (χ0v) is 14.5. The average Bonchev–Trinajstić information content (AvgIpc) is 2.43. The summed E-state index contributed by atoms with van der Waals surface area (Å²) in [6.07, 6.45) is 4.16. The van der Waals surface area contributed by atoms with Gasteiger partial charge in [0.05, 0.1) is 0 Å². The molecule has 122 valence electrons. The van der Waals surface area contributed by atoms with Crippen LogP contribution in [-0.2, 0) is 15.6 Å². The van der Waals surface area contributed by atoms with Gasteiger partial charge < -0.3 is 10.6 Å². The van der Waals surface area contributed by atoms with Crippen LogP contribution in [0.15, 0.2) is 24.3 Å². The molecule has 0 radical (unpaired) electrons. The first-order valence-electron chi connectivity index (χ1n) is 8.40. The highest BCUT2D eigenvalue weighted by Gasteiger charge is 2.38. The van der Waals surface area contributed by atoms with Gasteiger partial charge in [-0.1, -0.05) is 51.5 Å². The molecule has 1 aromatic carbocycles. The molecule has 1 aliphatic carbocycles. The van der Waals surface area contributed by atoms with Gasteiger partial charge in [0.1, 0.15) is 0 Å². The molecule has 0 spiro atoms. The van der Waals surface area contributed by atoms with E-state index in [-0.39, 0.29) is 16.7 Å². The summed E-state index contributed by atoms with van der Waals surface area (Å²) in [5, 5.41) is 6.14. The van der Waals surface area contributed by atoms with Gasteiger partial charge in [0.15, 0.2) is 0 Å². The number of hydrogen-bond donors (Lipinski definition) is 2. The number of hydrogen-bond acceptors (Lipinski definition) is 2. The monoisotopic (exact) mass is 302 g/mol. The second kappa shape index (κ2) is 6.82. The minimum Gasteiger partial charge on any atom is -0.355 e. The Bertz CT molecular complexity index is 495. The lowest BCUT2D eigenvalue weighted by Gasteiger charge is -2.43. The number of benzene rings is 1. The molecule has 3 heteroatoms. The van der Waals surface area contributed by atoms with Crippen molar-refractivity contribution in [3.8, 4) is 0 Å². The van der Waals surface area contributed by atoms with Gasteiger partial charge in [-0.3, -0.25) is 4.79 Å². The summed E-state index contributed by atoms with van der Waals surface area (Å²) in [7, 11) is 1.87. The van der Waals surface area contributed by atoms with E-state index in [0.717, 1.165) is 13.1 Å². The van der Waals surface area contributed by atoms with Crippen LogP contribution in [0, 0.1) is 0 Å². The maximum atomic E-state index is 11.9. The summed E-state index contributed by atoms with van der Waals surface area (Å²) in [6, 6.07) is 9.02. The van der Waals surface area contributed by atoms with E-state index in [1.165, 1.54) is 30.4 Å². The molecule has 1 saturated carbocycles. The molecular weight excluding hydrogens is 272 g/mol. The number of nitrogens with one attached hydrogen (secondary N) is 2. The highest BCUT2D eigenvalue weighted by molar-refractivity contribution is 5.76. The number of amides is 1. The summed E-state index contributed by atoms with van der Waals surface area (Å²) in [6.45, 7) is 8.22. The normalized spacial score (nSPS) is 16.9. The summed E-state index contributed by atoms with van der Waals surface area (Å²) in [5.74, 6) is 0.145. The first kappa shape index (κ1) is 17.0. The second-order valence-corrected chi connectivity index (χ2v) is 7.59. The Balaban J connectivity index is 2.02. The fraction of sp³-hybridized carbons (Fsp3) is 0.632. The first-order chi connectivity index (χ1) is 10.4. The van der Waals surface area contributed by atoms with Gasteiger partial charge in [-0.05, 0) is 36.4 Å². The highest BCUT2D eigenvalue weighted by atomic mass is 16.1. The zero-order chi connectivity index (χ0) is 16.2. The van der Waals surface area contributed by atoms with E-state index in [2.05, 4.69) is 55.7 Å². The Labute approximate surface area is 134 Å². The second-order valence-electron chi connectivity index (χ2n) is 7.59. The van der Waals surface area contributed by atoms with Gasteiger partial charge in [-0.2, -0.15) is 0 Å². The van der Waals surface area contributed by atoms with Crippen LogP contribution in [0.3, 0.4) is 0 Å². The molecule has 22 heavy (non-hydrogen) atoms. The van der Waals surface area contributed by atoms with Gasteiger partial charge in [0, 0.05) is 24.9 Å². The van der Waals surface area contributed by atoms with E-state index >= 15 is 0 Å². The van der Waals surface area contributed by atoms with E-state index < -0.39 is 0 Å². The third-order valence-electron chi connectivity index (χ3n) is 4.90. The van der Waals surface area contributed by atoms with Gasteiger partial charge in [0.25, 0.3) is 0 Å². The van der Waals surface area contributed by atoms with Gasteiger partial charge in [0.2, 0.25) is 5.91 Å². The van der Waals surface area contributed by atoms with Crippen LogP contribution in [0.25, 0.3) is 0 Å². The quantitative estimate of drug-likeness (QED) is 0.847. The van der Waals surface area contributed by atoms with Crippen LogP contribution < -0.4 is 10.6 Å². The predicted octanol–water partition coefficient (Wildman–Crippen LogP) is 3.13. The molecule has 3 nitrogen and oxygen atoms in total. The summed E-state index contributed by atoms with van der Waals surface area (Å²) >= 11 is 0. The van der Waals surface area contributed by atoms with Crippen molar-refractivity contribution in [1.29, 1.82) is 0 Å². The molecular formula is C19H30N2O. The van der Waals surface area contributed by atoms with E-state index in [0.29, 0.717) is 6.42 Å². The maximum absolute atomic E-state index is 11.9. The molecule has 0 atom stereocenters. The summed E-state index contributed by atoms with van der Waals surface area (Å²) < 4.78 is 0. The Morgan fingerprint density at radius 3 is 2.27 bits per heavy atom. The van der Waals surface area contributed by atoms with Crippen molar-refractivity contribution in [1.82, 2.24) is 10.6 Å². The molecule has 1 aliphatic rings. The summed E-state index contributed by atoms with van der Waals surface area (Å²) in [5.41, 5.74) is 3.09. The fourth-order valence-corrected chi connectivity index (χ4v) is 3.09. The van der Waals surface area contributed by atoms with Crippen molar-refractivity contribution >= 4 is 5.91 Å². The Morgan fingerprint density at radius 2 is 1.82 bits per heavy atom.